The van der Waals surface area contributed by atoms with E-state index in [1.54, 1.807) is 0 Å². The molecule has 0 aromatic heterocycles. The van der Waals surface area contributed by atoms with Crippen molar-refractivity contribution in [1.82, 2.24) is 5.32 Å². The Hall–Kier alpha value is -2.89. The van der Waals surface area contributed by atoms with Gasteiger partial charge in [-0.15, -0.1) is 0 Å². The molecule has 2 rings (SSSR count). The molecule has 1 aromatic carbocycles. The molecule has 0 spiro atoms. The number of esters is 1. The van der Waals surface area contributed by atoms with E-state index in [4.69, 9.17) is 13.8 Å². The van der Waals surface area contributed by atoms with Gasteiger partial charge in [-0.1, -0.05) is 109 Å². The molecular weight excluding hydrogens is 639 g/mol. The van der Waals surface area contributed by atoms with Gasteiger partial charge in [0.25, 0.3) is 17.7 Å². The third kappa shape index (κ3) is 17.5. The summed E-state index contributed by atoms with van der Waals surface area (Å²) in [5, 5.41) is 12.0. The monoisotopic (exact) mass is 694 g/mol. The van der Waals surface area contributed by atoms with Crippen LogP contribution in [0.1, 0.15) is 126 Å². The number of nitrogens with one attached hydrogen (secondary N) is 1. The number of aliphatic hydroxyl groups is 1. The van der Waals surface area contributed by atoms with E-state index in [-0.39, 0.29) is 30.8 Å². The fourth-order valence-corrected chi connectivity index (χ4v) is 6.02. The Balaban J connectivity index is 1.50. The van der Waals surface area contributed by atoms with E-state index in [1.807, 2.05) is 0 Å². The number of rotatable bonds is 28. The molecule has 0 saturated heterocycles. The fourth-order valence-electron chi connectivity index (χ4n) is 5.27. The molecule has 1 aliphatic rings. The molecule has 0 saturated carbocycles. The molecule has 1 heterocycles. The van der Waals surface area contributed by atoms with E-state index >= 15 is 0 Å². The number of hydrogen-bond donors (Lipinski definition) is 3. The Morgan fingerprint density at radius 3 is 1.92 bits per heavy atom. The van der Waals surface area contributed by atoms with Gasteiger partial charge in [0, 0.05) is 30.7 Å². The van der Waals surface area contributed by atoms with Gasteiger partial charge in [-0.3, -0.25) is 28.2 Å². The molecule has 0 bridgehead atoms. The lowest BCUT2D eigenvalue weighted by Crippen LogP contribution is -2.30. The van der Waals surface area contributed by atoms with Gasteiger partial charge >= 0.3 is 13.8 Å². The van der Waals surface area contributed by atoms with Crippen LogP contribution >= 0.6 is 7.82 Å². The molecule has 1 aromatic rings. The van der Waals surface area contributed by atoms with Crippen LogP contribution in [0.4, 0.5) is 5.69 Å². The highest BCUT2D eigenvalue weighted by Crippen LogP contribution is 2.43. The fraction of sp³-hybridized carbons (Fsp3) is 0.657. The lowest BCUT2D eigenvalue weighted by atomic mass is 10.0. The summed E-state index contributed by atoms with van der Waals surface area (Å²) < 4.78 is 27.1. The number of ether oxygens (including phenoxy) is 1. The maximum atomic E-state index is 12.5. The van der Waals surface area contributed by atoms with Crippen molar-refractivity contribution in [3.05, 3.63) is 42.0 Å². The van der Waals surface area contributed by atoms with Gasteiger partial charge in [-0.05, 0) is 24.6 Å². The average Bonchev–Trinajstić information content (AvgIpc) is 3.41. The first kappa shape index (κ1) is 41.3. The Kier molecular flexibility index (Phi) is 20.9. The van der Waals surface area contributed by atoms with Crippen LogP contribution in [0.15, 0.2) is 36.4 Å². The zero-order chi connectivity index (χ0) is 35.0. The normalized spacial score (nSPS) is 14.7. The SMILES string of the molecule is CCCCCCCCCCCCCCCCCCC(=O)OC(CO)COP(=O)(O)OCCNC(=O)c1cccc(N2C(=O)C=CC2=O)c1. The molecule has 3 amide bonds. The standard InChI is InChI=1S/C35H55N2O10P/c1-2-3-4-5-6-7-8-9-10-11-12-13-14-15-16-17-21-34(41)47-31(27-38)28-46-48(43,44)45-25-24-36-35(42)29-19-18-20-30(26-29)37-32(39)22-23-33(37)40/h18-20,22-23,26,31,38H,2-17,21,24-25,27-28H2,1H3,(H,36,42)(H,43,44). The predicted molar refractivity (Wildman–Crippen MR) is 183 cm³/mol. The van der Waals surface area contributed by atoms with E-state index in [1.165, 1.54) is 101 Å². The maximum Gasteiger partial charge on any atom is 0.472 e. The molecule has 270 valence electrons. The molecule has 12 nitrogen and oxygen atoms in total. The van der Waals surface area contributed by atoms with Crippen molar-refractivity contribution < 1.29 is 47.5 Å². The molecule has 0 radical (unpaired) electrons. The van der Waals surface area contributed by atoms with Crippen molar-refractivity contribution >= 4 is 37.2 Å². The van der Waals surface area contributed by atoms with Crippen LogP contribution < -0.4 is 10.2 Å². The van der Waals surface area contributed by atoms with Crippen LogP contribution in [0.2, 0.25) is 0 Å². The number of phosphoric acid groups is 1. The summed E-state index contributed by atoms with van der Waals surface area (Å²) >= 11 is 0. The average molecular weight is 695 g/mol. The minimum absolute atomic E-state index is 0.155. The summed E-state index contributed by atoms with van der Waals surface area (Å²) in [4.78, 5) is 59.3. The first-order valence-corrected chi connectivity index (χ1v) is 19.0. The van der Waals surface area contributed by atoms with Gasteiger partial charge in [-0.2, -0.15) is 0 Å². The van der Waals surface area contributed by atoms with E-state index in [0.29, 0.717) is 6.42 Å². The number of carbonyl (C=O) groups is 4. The maximum absolute atomic E-state index is 12.5. The Morgan fingerprint density at radius 1 is 0.833 bits per heavy atom. The van der Waals surface area contributed by atoms with E-state index in [2.05, 4.69) is 12.2 Å². The number of nitrogens with zero attached hydrogens (tertiary/aromatic N) is 1. The number of amides is 3. The second kappa shape index (κ2) is 24.3. The van der Waals surface area contributed by atoms with Crippen molar-refractivity contribution in [2.24, 2.45) is 0 Å². The van der Waals surface area contributed by atoms with Gasteiger partial charge in [0.1, 0.15) is 6.10 Å². The number of unbranched alkanes of at least 4 members (excludes halogenated alkanes) is 15. The van der Waals surface area contributed by atoms with Crippen LogP contribution in [0, 0.1) is 0 Å². The smallest absolute Gasteiger partial charge is 0.457 e. The summed E-state index contributed by atoms with van der Waals surface area (Å²) in [7, 11) is -4.57. The van der Waals surface area contributed by atoms with Crippen LogP contribution in [-0.4, -0.2) is 66.2 Å². The number of benzene rings is 1. The number of imide groups is 1. The van der Waals surface area contributed by atoms with Crippen molar-refractivity contribution in [1.29, 1.82) is 0 Å². The molecule has 1 aliphatic heterocycles. The van der Waals surface area contributed by atoms with Crippen molar-refractivity contribution in [2.45, 2.75) is 122 Å². The molecule has 2 atom stereocenters. The molecule has 3 N–H and O–H groups in total. The third-order valence-electron chi connectivity index (χ3n) is 7.98. The Bertz CT molecular complexity index is 1190. The summed E-state index contributed by atoms with van der Waals surface area (Å²) in [6.45, 7) is 0.575. The summed E-state index contributed by atoms with van der Waals surface area (Å²) in [6, 6.07) is 5.88. The lowest BCUT2D eigenvalue weighted by molar-refractivity contribution is -0.153. The van der Waals surface area contributed by atoms with E-state index < -0.39 is 50.8 Å². The van der Waals surface area contributed by atoms with E-state index in [0.717, 1.165) is 36.3 Å². The topological polar surface area (TPSA) is 169 Å². The number of anilines is 1. The number of hydrogen-bond acceptors (Lipinski definition) is 9. The number of phosphoric ester groups is 1. The number of carbonyl (C=O) groups excluding carboxylic acids is 4. The minimum Gasteiger partial charge on any atom is -0.457 e. The zero-order valence-electron chi connectivity index (χ0n) is 28.4. The second-order valence-corrected chi connectivity index (χ2v) is 13.6. The summed E-state index contributed by atoms with van der Waals surface area (Å²) in [5.74, 6) is -2.10. The van der Waals surface area contributed by atoms with Crippen molar-refractivity contribution in [2.75, 3.05) is 31.3 Å². The first-order chi connectivity index (χ1) is 23.2. The Labute approximate surface area is 285 Å². The third-order valence-corrected chi connectivity index (χ3v) is 8.96. The molecular formula is C35H55N2O10P. The highest BCUT2D eigenvalue weighted by molar-refractivity contribution is 7.47. The molecule has 48 heavy (non-hydrogen) atoms. The quantitative estimate of drug-likeness (QED) is 0.0379. The van der Waals surface area contributed by atoms with Gasteiger partial charge in [0.15, 0.2) is 0 Å². The summed E-state index contributed by atoms with van der Waals surface area (Å²) in [5.41, 5.74) is 0.395. The van der Waals surface area contributed by atoms with Crippen LogP contribution in [0.5, 0.6) is 0 Å². The molecule has 0 aliphatic carbocycles. The van der Waals surface area contributed by atoms with Crippen molar-refractivity contribution in [3.8, 4) is 0 Å². The van der Waals surface area contributed by atoms with Gasteiger partial charge in [-0.25, -0.2) is 9.46 Å². The Morgan fingerprint density at radius 2 is 1.38 bits per heavy atom. The molecule has 0 fully saturated rings. The van der Waals surface area contributed by atoms with Crippen LogP contribution in [0.25, 0.3) is 0 Å². The first-order valence-electron chi connectivity index (χ1n) is 17.5. The zero-order valence-corrected chi connectivity index (χ0v) is 29.3. The largest absolute Gasteiger partial charge is 0.472 e. The highest BCUT2D eigenvalue weighted by Gasteiger charge is 2.26. The van der Waals surface area contributed by atoms with E-state index in [9.17, 15) is 33.7 Å². The number of aliphatic hydroxyl groups excluding tert-OH is 1. The minimum atomic E-state index is -4.57. The highest BCUT2D eigenvalue weighted by atomic mass is 31.2. The lowest BCUT2D eigenvalue weighted by Gasteiger charge is -2.18. The van der Waals surface area contributed by atoms with Gasteiger partial charge < -0.3 is 20.1 Å². The van der Waals surface area contributed by atoms with Crippen molar-refractivity contribution in [3.63, 3.8) is 0 Å². The van der Waals surface area contributed by atoms with Crippen LogP contribution in [-0.2, 0) is 32.7 Å². The molecule has 2 unspecified atom stereocenters. The van der Waals surface area contributed by atoms with Gasteiger partial charge in [0.2, 0.25) is 0 Å². The second-order valence-electron chi connectivity index (χ2n) is 12.1. The van der Waals surface area contributed by atoms with Gasteiger partial charge in [0.05, 0.1) is 25.5 Å². The predicted octanol–water partition coefficient (Wildman–Crippen LogP) is 6.54. The summed E-state index contributed by atoms with van der Waals surface area (Å²) in [6.07, 6.45) is 21.0. The molecule has 13 heteroatoms. The van der Waals surface area contributed by atoms with Crippen LogP contribution in [0.3, 0.4) is 0 Å².